The van der Waals surface area contributed by atoms with Gasteiger partial charge in [0.2, 0.25) is 5.91 Å². The van der Waals surface area contributed by atoms with Gasteiger partial charge in [0.1, 0.15) is 11.6 Å². The minimum absolute atomic E-state index is 0.0756. The van der Waals surface area contributed by atoms with Crippen molar-refractivity contribution in [2.45, 2.75) is 45.6 Å². The summed E-state index contributed by atoms with van der Waals surface area (Å²) in [7, 11) is 0. The highest BCUT2D eigenvalue weighted by Crippen LogP contribution is 2.31. The van der Waals surface area contributed by atoms with Crippen LogP contribution in [0, 0.1) is 5.82 Å². The number of aromatic nitrogens is 1. The number of amides is 1. The molecule has 0 fully saturated rings. The lowest BCUT2D eigenvalue weighted by atomic mass is 9.87. The van der Waals surface area contributed by atoms with Crippen LogP contribution in [-0.2, 0) is 16.8 Å². The lowest BCUT2D eigenvalue weighted by Crippen LogP contribution is -2.24. The smallest absolute Gasteiger partial charge is 0.220 e. The van der Waals surface area contributed by atoms with Crippen LogP contribution in [0.1, 0.15) is 44.9 Å². The van der Waals surface area contributed by atoms with Gasteiger partial charge in [-0.1, -0.05) is 26.8 Å². The Hall–Kier alpha value is -1.95. The normalized spacial score (nSPS) is 11.3. The van der Waals surface area contributed by atoms with Gasteiger partial charge in [-0.05, 0) is 57.6 Å². The minimum atomic E-state index is -0.417. The Morgan fingerprint density at radius 3 is 2.73 bits per heavy atom. The SMILES string of the molecule is CC(C)(C)c1ccc(OCCCC(=O)NCc2ncccc2F)c(Br)c1. The number of nitrogens with zero attached hydrogens (tertiary/aromatic N) is 1. The first-order chi connectivity index (χ1) is 12.3. The Bertz CT molecular complexity index is 760. The van der Waals surface area contributed by atoms with Gasteiger partial charge in [-0.3, -0.25) is 9.78 Å². The summed E-state index contributed by atoms with van der Waals surface area (Å²) in [6.07, 6.45) is 2.39. The van der Waals surface area contributed by atoms with Crippen molar-refractivity contribution in [2.24, 2.45) is 0 Å². The van der Waals surface area contributed by atoms with E-state index in [1.165, 1.54) is 23.9 Å². The van der Waals surface area contributed by atoms with Gasteiger partial charge in [0.25, 0.3) is 0 Å². The first-order valence-corrected chi connectivity index (χ1v) is 9.35. The monoisotopic (exact) mass is 422 g/mol. The lowest BCUT2D eigenvalue weighted by Gasteiger charge is -2.20. The van der Waals surface area contributed by atoms with E-state index < -0.39 is 5.82 Å². The maximum absolute atomic E-state index is 13.4. The van der Waals surface area contributed by atoms with E-state index in [4.69, 9.17) is 4.74 Å². The number of carbonyl (C=O) groups is 1. The van der Waals surface area contributed by atoms with Gasteiger partial charge < -0.3 is 10.1 Å². The number of benzene rings is 1. The molecule has 0 radical (unpaired) electrons. The van der Waals surface area contributed by atoms with Crippen LogP contribution in [0.25, 0.3) is 0 Å². The molecular weight excluding hydrogens is 399 g/mol. The highest BCUT2D eigenvalue weighted by atomic mass is 79.9. The average molecular weight is 423 g/mol. The number of pyridine rings is 1. The fourth-order valence-electron chi connectivity index (χ4n) is 2.32. The molecule has 26 heavy (non-hydrogen) atoms. The van der Waals surface area contributed by atoms with Crippen LogP contribution in [0.15, 0.2) is 41.0 Å². The summed E-state index contributed by atoms with van der Waals surface area (Å²) < 4.78 is 20.1. The van der Waals surface area contributed by atoms with Gasteiger partial charge in [-0.2, -0.15) is 0 Å². The fourth-order valence-corrected chi connectivity index (χ4v) is 2.81. The molecule has 0 saturated heterocycles. The van der Waals surface area contributed by atoms with Gasteiger partial charge in [-0.25, -0.2) is 4.39 Å². The van der Waals surface area contributed by atoms with E-state index in [-0.39, 0.29) is 23.6 Å². The van der Waals surface area contributed by atoms with Crippen molar-refractivity contribution < 1.29 is 13.9 Å². The molecule has 2 aromatic rings. The molecule has 1 aromatic heterocycles. The first kappa shape index (κ1) is 20.4. The lowest BCUT2D eigenvalue weighted by molar-refractivity contribution is -0.121. The summed E-state index contributed by atoms with van der Waals surface area (Å²) in [5, 5.41) is 2.67. The van der Waals surface area contributed by atoms with Crippen molar-refractivity contribution in [2.75, 3.05) is 6.61 Å². The van der Waals surface area contributed by atoms with Crippen LogP contribution in [0.2, 0.25) is 0 Å². The molecule has 1 heterocycles. The Balaban J connectivity index is 1.73. The minimum Gasteiger partial charge on any atom is -0.492 e. The molecule has 2 rings (SSSR count). The molecule has 1 amide bonds. The highest BCUT2D eigenvalue weighted by Gasteiger charge is 2.15. The average Bonchev–Trinajstić information content (AvgIpc) is 2.58. The van der Waals surface area contributed by atoms with Crippen molar-refractivity contribution in [3.8, 4) is 5.75 Å². The fraction of sp³-hybridized carbons (Fsp3) is 0.400. The first-order valence-electron chi connectivity index (χ1n) is 8.56. The summed E-state index contributed by atoms with van der Waals surface area (Å²) in [5.74, 6) is 0.189. The molecule has 0 aliphatic heterocycles. The third kappa shape index (κ3) is 6.09. The Labute approximate surface area is 162 Å². The van der Waals surface area contributed by atoms with E-state index in [2.05, 4.69) is 53.1 Å². The van der Waals surface area contributed by atoms with Crippen LogP contribution in [0.5, 0.6) is 5.75 Å². The number of hydrogen-bond donors (Lipinski definition) is 1. The summed E-state index contributed by atoms with van der Waals surface area (Å²) in [4.78, 5) is 15.7. The molecule has 0 atom stereocenters. The van der Waals surface area contributed by atoms with Gasteiger partial charge in [0.05, 0.1) is 23.3 Å². The van der Waals surface area contributed by atoms with Gasteiger partial charge in [-0.15, -0.1) is 0 Å². The van der Waals surface area contributed by atoms with E-state index in [1.807, 2.05) is 12.1 Å². The van der Waals surface area contributed by atoms with Crippen molar-refractivity contribution in [3.63, 3.8) is 0 Å². The molecule has 0 bridgehead atoms. The van der Waals surface area contributed by atoms with Crippen LogP contribution >= 0.6 is 15.9 Å². The maximum atomic E-state index is 13.4. The summed E-state index contributed by atoms with van der Waals surface area (Å²) in [5.41, 5.74) is 1.53. The molecule has 0 spiro atoms. The van der Waals surface area contributed by atoms with Crippen molar-refractivity contribution in [1.82, 2.24) is 10.3 Å². The van der Waals surface area contributed by atoms with E-state index in [0.29, 0.717) is 19.4 Å². The topological polar surface area (TPSA) is 51.2 Å². The van der Waals surface area contributed by atoms with Crippen LogP contribution in [0.3, 0.4) is 0 Å². The Morgan fingerprint density at radius 2 is 2.08 bits per heavy atom. The third-order valence-electron chi connectivity index (χ3n) is 3.89. The number of carbonyl (C=O) groups excluding carboxylic acids is 1. The van der Waals surface area contributed by atoms with Crippen molar-refractivity contribution in [1.29, 1.82) is 0 Å². The predicted octanol–water partition coefficient (Wildman–Crippen LogP) is 4.76. The highest BCUT2D eigenvalue weighted by molar-refractivity contribution is 9.10. The quantitative estimate of drug-likeness (QED) is 0.654. The molecular formula is C20H24BrFN2O2. The van der Waals surface area contributed by atoms with Crippen molar-refractivity contribution in [3.05, 3.63) is 58.1 Å². The van der Waals surface area contributed by atoms with Crippen molar-refractivity contribution >= 4 is 21.8 Å². The second-order valence-corrected chi connectivity index (χ2v) is 7.91. The number of rotatable bonds is 7. The second-order valence-electron chi connectivity index (χ2n) is 7.06. The van der Waals surface area contributed by atoms with E-state index in [1.54, 1.807) is 0 Å². The maximum Gasteiger partial charge on any atom is 0.220 e. The second kappa shape index (κ2) is 9.12. The van der Waals surface area contributed by atoms with E-state index in [9.17, 15) is 9.18 Å². The van der Waals surface area contributed by atoms with Gasteiger partial charge >= 0.3 is 0 Å². The summed E-state index contributed by atoms with van der Waals surface area (Å²) >= 11 is 3.53. The number of halogens is 2. The third-order valence-corrected chi connectivity index (χ3v) is 4.51. The molecule has 1 N–H and O–H groups in total. The molecule has 6 heteroatoms. The molecule has 0 aliphatic carbocycles. The van der Waals surface area contributed by atoms with E-state index in [0.717, 1.165) is 10.2 Å². The zero-order chi connectivity index (χ0) is 19.2. The zero-order valence-corrected chi connectivity index (χ0v) is 16.9. The van der Waals surface area contributed by atoms with Crippen LogP contribution in [-0.4, -0.2) is 17.5 Å². The molecule has 4 nitrogen and oxygen atoms in total. The number of nitrogens with one attached hydrogen (secondary N) is 1. The van der Waals surface area contributed by atoms with E-state index >= 15 is 0 Å². The Kier molecular flexibility index (Phi) is 7.14. The van der Waals surface area contributed by atoms with Crippen LogP contribution < -0.4 is 10.1 Å². The zero-order valence-electron chi connectivity index (χ0n) is 15.3. The molecule has 1 aromatic carbocycles. The van der Waals surface area contributed by atoms with Gasteiger partial charge in [0, 0.05) is 12.6 Å². The standard InChI is InChI=1S/C20H24BrFN2O2/c1-20(2,3)14-8-9-18(15(21)12-14)26-11-5-7-19(25)24-13-17-16(22)6-4-10-23-17/h4,6,8-10,12H,5,7,11,13H2,1-3H3,(H,24,25). The predicted molar refractivity (Wildman–Crippen MR) is 104 cm³/mol. The largest absolute Gasteiger partial charge is 0.492 e. The van der Waals surface area contributed by atoms with Gasteiger partial charge in [0.15, 0.2) is 0 Å². The Morgan fingerprint density at radius 1 is 1.31 bits per heavy atom. The summed E-state index contributed by atoms with van der Waals surface area (Å²) in [6, 6.07) is 8.89. The molecule has 140 valence electrons. The number of hydrogen-bond acceptors (Lipinski definition) is 3. The molecule has 0 aliphatic rings. The number of ether oxygens (including phenoxy) is 1. The molecule has 0 unspecified atom stereocenters. The van der Waals surface area contributed by atoms with Crippen LogP contribution in [0.4, 0.5) is 4.39 Å². The summed E-state index contributed by atoms with van der Waals surface area (Å²) in [6.45, 7) is 6.99. The molecule has 0 saturated carbocycles.